The van der Waals surface area contributed by atoms with Gasteiger partial charge in [-0.15, -0.1) is 9.24 Å². The molecule has 0 saturated carbocycles. The van der Waals surface area contributed by atoms with Crippen LogP contribution in [0.1, 0.15) is 11.1 Å². The van der Waals surface area contributed by atoms with Gasteiger partial charge in [0.25, 0.3) is 0 Å². The third-order valence-corrected chi connectivity index (χ3v) is 2.17. The van der Waals surface area contributed by atoms with Crippen molar-refractivity contribution in [3.05, 3.63) is 29.1 Å². The Hall–Kier alpha value is -0.420. The predicted molar refractivity (Wildman–Crippen MR) is 45.2 cm³/mol. The number of hydrogen-bond acceptors (Lipinski definition) is 0. The molecule has 1 aromatic carbocycles. The molecule has 0 heterocycles. The van der Waals surface area contributed by atoms with Crippen LogP contribution in [-0.4, -0.2) is 0 Å². The third-order valence-electron chi connectivity index (χ3n) is 1.55. The molecule has 0 radical (unpaired) electrons. The van der Waals surface area contributed by atoms with E-state index in [0.717, 1.165) is 10.9 Å². The Morgan fingerprint density at radius 2 is 1.80 bits per heavy atom. The second-order valence-electron chi connectivity index (χ2n) is 2.46. The molecule has 1 aromatic rings. The maximum Gasteiger partial charge on any atom is 0.126 e. The van der Waals surface area contributed by atoms with Gasteiger partial charge in [-0.2, -0.15) is 0 Å². The van der Waals surface area contributed by atoms with Crippen LogP contribution >= 0.6 is 9.24 Å². The Labute approximate surface area is 62.7 Å². The largest absolute Gasteiger partial charge is 0.207 e. The van der Waals surface area contributed by atoms with Gasteiger partial charge < -0.3 is 0 Å². The average molecular weight is 156 g/mol. The first kappa shape index (κ1) is 7.68. The molecule has 1 rings (SSSR count). The lowest BCUT2D eigenvalue weighted by Gasteiger charge is -2.01. The minimum Gasteiger partial charge on any atom is -0.207 e. The quantitative estimate of drug-likeness (QED) is 0.503. The summed E-state index contributed by atoms with van der Waals surface area (Å²) in [5.41, 5.74) is 1.83. The van der Waals surface area contributed by atoms with E-state index in [-0.39, 0.29) is 5.82 Å². The molecule has 0 spiro atoms. The first-order chi connectivity index (χ1) is 4.61. The van der Waals surface area contributed by atoms with E-state index in [0.29, 0.717) is 5.56 Å². The molecule has 0 nitrogen and oxygen atoms in total. The van der Waals surface area contributed by atoms with Crippen LogP contribution in [0.3, 0.4) is 0 Å². The summed E-state index contributed by atoms with van der Waals surface area (Å²) >= 11 is 0. The number of halogens is 1. The molecule has 0 aliphatic rings. The van der Waals surface area contributed by atoms with Crippen LogP contribution in [0.25, 0.3) is 0 Å². The molecule has 2 heteroatoms. The highest BCUT2D eigenvalue weighted by atomic mass is 31.0. The summed E-state index contributed by atoms with van der Waals surface area (Å²) in [5, 5.41) is 0.933. The predicted octanol–water partition coefficient (Wildman–Crippen LogP) is 1.94. The molecule has 0 fully saturated rings. The van der Waals surface area contributed by atoms with E-state index >= 15 is 0 Å². The van der Waals surface area contributed by atoms with Crippen molar-refractivity contribution in [2.75, 3.05) is 0 Å². The van der Waals surface area contributed by atoms with Gasteiger partial charge in [0.15, 0.2) is 0 Å². The van der Waals surface area contributed by atoms with E-state index in [9.17, 15) is 4.39 Å². The lowest BCUT2D eigenvalue weighted by Crippen LogP contribution is -1.99. The molecule has 0 aliphatic heterocycles. The van der Waals surface area contributed by atoms with E-state index < -0.39 is 0 Å². The lowest BCUT2D eigenvalue weighted by atomic mass is 10.1. The first-order valence-electron chi connectivity index (χ1n) is 3.13. The fourth-order valence-corrected chi connectivity index (χ4v) is 1.07. The Kier molecular flexibility index (Phi) is 2.05. The number of benzene rings is 1. The monoisotopic (exact) mass is 156 g/mol. The van der Waals surface area contributed by atoms with E-state index in [1.54, 1.807) is 6.92 Å². The molecular formula is C8H10FP. The Balaban J connectivity index is 3.28. The Morgan fingerprint density at radius 1 is 1.20 bits per heavy atom. The minimum absolute atomic E-state index is 0.129. The van der Waals surface area contributed by atoms with Crippen LogP contribution in [-0.2, 0) is 0 Å². The summed E-state index contributed by atoms with van der Waals surface area (Å²) in [6.07, 6.45) is 0. The molecule has 1 atom stereocenters. The second kappa shape index (κ2) is 2.67. The van der Waals surface area contributed by atoms with Crippen molar-refractivity contribution < 1.29 is 4.39 Å². The number of hydrogen-bond donors (Lipinski definition) is 0. The summed E-state index contributed by atoms with van der Waals surface area (Å²) < 4.78 is 12.7. The van der Waals surface area contributed by atoms with Gasteiger partial charge in [0.1, 0.15) is 5.82 Å². The zero-order valence-corrected chi connectivity index (χ0v) is 7.26. The van der Waals surface area contributed by atoms with Crippen molar-refractivity contribution in [2.45, 2.75) is 13.8 Å². The Bertz CT molecular complexity index is 205. The number of rotatable bonds is 0. The maximum absolute atomic E-state index is 12.7. The van der Waals surface area contributed by atoms with Gasteiger partial charge in [0.05, 0.1) is 0 Å². The van der Waals surface area contributed by atoms with Crippen LogP contribution in [0.2, 0.25) is 0 Å². The number of aryl methyl sites for hydroxylation is 2. The van der Waals surface area contributed by atoms with Crippen LogP contribution in [0.15, 0.2) is 12.1 Å². The van der Waals surface area contributed by atoms with Crippen LogP contribution in [0.4, 0.5) is 4.39 Å². The van der Waals surface area contributed by atoms with Gasteiger partial charge in [-0.05, 0) is 36.3 Å². The summed E-state index contributed by atoms with van der Waals surface area (Å²) in [4.78, 5) is 0. The molecular weight excluding hydrogens is 146 g/mol. The molecule has 0 N–H and O–H groups in total. The maximum atomic E-state index is 12.7. The van der Waals surface area contributed by atoms with Crippen LogP contribution < -0.4 is 5.30 Å². The van der Waals surface area contributed by atoms with E-state index in [1.165, 1.54) is 6.07 Å². The summed E-state index contributed by atoms with van der Waals surface area (Å²) in [7, 11) is 2.50. The Morgan fingerprint density at radius 3 is 2.30 bits per heavy atom. The summed E-state index contributed by atoms with van der Waals surface area (Å²) in [6.45, 7) is 3.74. The first-order valence-corrected chi connectivity index (χ1v) is 3.71. The van der Waals surface area contributed by atoms with Crippen LogP contribution in [0.5, 0.6) is 0 Å². The van der Waals surface area contributed by atoms with Crippen molar-refractivity contribution in [3.8, 4) is 0 Å². The third kappa shape index (κ3) is 1.35. The topological polar surface area (TPSA) is 0 Å². The van der Waals surface area contributed by atoms with E-state index in [1.807, 2.05) is 13.0 Å². The zero-order chi connectivity index (χ0) is 7.72. The van der Waals surface area contributed by atoms with Gasteiger partial charge >= 0.3 is 0 Å². The van der Waals surface area contributed by atoms with E-state index in [4.69, 9.17) is 0 Å². The molecule has 0 aliphatic carbocycles. The molecule has 0 amide bonds. The average Bonchev–Trinajstić information content (AvgIpc) is 1.84. The standard InChI is InChI=1S/C8H10FP/c1-5-3-6(2)8(10)4-7(5)9/h3-4H,10H2,1-2H3. The normalized spacial score (nSPS) is 10.0. The molecule has 10 heavy (non-hydrogen) atoms. The van der Waals surface area contributed by atoms with Crippen molar-refractivity contribution in [2.24, 2.45) is 0 Å². The lowest BCUT2D eigenvalue weighted by molar-refractivity contribution is 0.619. The van der Waals surface area contributed by atoms with Gasteiger partial charge in [-0.3, -0.25) is 0 Å². The minimum atomic E-state index is -0.129. The smallest absolute Gasteiger partial charge is 0.126 e. The molecule has 1 unspecified atom stereocenters. The van der Waals surface area contributed by atoms with Gasteiger partial charge in [-0.1, -0.05) is 6.07 Å². The van der Waals surface area contributed by atoms with Crippen molar-refractivity contribution in [3.63, 3.8) is 0 Å². The van der Waals surface area contributed by atoms with Gasteiger partial charge in [0.2, 0.25) is 0 Å². The fraction of sp³-hybridized carbons (Fsp3) is 0.250. The van der Waals surface area contributed by atoms with Crippen molar-refractivity contribution in [1.29, 1.82) is 0 Å². The van der Waals surface area contributed by atoms with Crippen molar-refractivity contribution >= 4 is 14.5 Å². The van der Waals surface area contributed by atoms with Crippen molar-refractivity contribution in [1.82, 2.24) is 0 Å². The van der Waals surface area contributed by atoms with Gasteiger partial charge in [0, 0.05) is 0 Å². The summed E-state index contributed by atoms with van der Waals surface area (Å²) in [6, 6.07) is 3.38. The molecule has 0 saturated heterocycles. The molecule has 0 bridgehead atoms. The molecule has 54 valence electrons. The van der Waals surface area contributed by atoms with Gasteiger partial charge in [-0.25, -0.2) is 4.39 Å². The van der Waals surface area contributed by atoms with E-state index in [2.05, 4.69) is 9.24 Å². The SMILES string of the molecule is Cc1cc(C)c(P)cc1F. The summed E-state index contributed by atoms with van der Waals surface area (Å²) in [5.74, 6) is -0.129. The van der Waals surface area contributed by atoms with Crippen LogP contribution in [0, 0.1) is 19.7 Å². The zero-order valence-electron chi connectivity index (χ0n) is 6.11. The highest BCUT2D eigenvalue weighted by Crippen LogP contribution is 2.08. The highest BCUT2D eigenvalue weighted by molar-refractivity contribution is 7.27. The molecule has 0 aromatic heterocycles. The highest BCUT2D eigenvalue weighted by Gasteiger charge is 1.98. The fourth-order valence-electron chi connectivity index (χ4n) is 0.841. The second-order valence-corrected chi connectivity index (χ2v) is 3.08.